The Kier molecular flexibility index (Phi) is 3.01. The third-order valence-electron chi connectivity index (χ3n) is 2.07. The second kappa shape index (κ2) is 4.44. The van der Waals surface area contributed by atoms with Gasteiger partial charge in [-0.1, -0.05) is 12.1 Å². The molecule has 0 aliphatic carbocycles. The van der Waals surface area contributed by atoms with Gasteiger partial charge in [0.05, 0.1) is 13.2 Å². The minimum Gasteiger partial charge on any atom is -0.488 e. The third-order valence-corrected chi connectivity index (χ3v) is 2.07. The Morgan fingerprint density at radius 2 is 2.14 bits per heavy atom. The van der Waals surface area contributed by atoms with E-state index in [-0.39, 0.29) is 6.29 Å². The smallest absolute Gasteiger partial charge is 0.191 e. The number of aryl methyl sites for hydroxylation is 1. The molecular formula is C11H14O3. The van der Waals surface area contributed by atoms with Gasteiger partial charge in [-0.05, 0) is 24.6 Å². The highest BCUT2D eigenvalue weighted by Crippen LogP contribution is 2.14. The topological polar surface area (TPSA) is 27.7 Å². The average Bonchev–Trinajstić information content (AvgIpc) is 2.67. The molecule has 1 aliphatic rings. The third kappa shape index (κ3) is 2.47. The van der Waals surface area contributed by atoms with Crippen LogP contribution >= 0.6 is 0 Å². The maximum Gasteiger partial charge on any atom is 0.191 e. The lowest BCUT2D eigenvalue weighted by molar-refractivity contribution is -0.0684. The summed E-state index contributed by atoms with van der Waals surface area (Å²) in [7, 11) is 0. The van der Waals surface area contributed by atoms with Gasteiger partial charge in [-0.15, -0.1) is 0 Å². The van der Waals surface area contributed by atoms with E-state index < -0.39 is 0 Å². The minimum absolute atomic E-state index is 0.199. The van der Waals surface area contributed by atoms with Crippen LogP contribution in [0.3, 0.4) is 0 Å². The summed E-state index contributed by atoms with van der Waals surface area (Å²) in [5.41, 5.74) is 1.19. The van der Waals surface area contributed by atoms with E-state index in [2.05, 4.69) is 0 Å². The maximum absolute atomic E-state index is 5.52. The highest BCUT2D eigenvalue weighted by molar-refractivity contribution is 5.27. The first kappa shape index (κ1) is 9.49. The molecule has 1 aromatic carbocycles. The second-order valence-electron chi connectivity index (χ2n) is 3.30. The van der Waals surface area contributed by atoms with Crippen molar-refractivity contribution < 1.29 is 14.2 Å². The predicted molar refractivity (Wildman–Crippen MR) is 52.4 cm³/mol. The molecule has 1 heterocycles. The Hall–Kier alpha value is -1.06. The molecule has 1 saturated heterocycles. The van der Waals surface area contributed by atoms with Crippen LogP contribution < -0.4 is 4.74 Å². The van der Waals surface area contributed by atoms with Crippen LogP contribution in [0.5, 0.6) is 5.75 Å². The summed E-state index contributed by atoms with van der Waals surface area (Å²) in [5, 5.41) is 0. The Balaban J connectivity index is 1.85. The number of rotatable bonds is 3. The zero-order valence-electron chi connectivity index (χ0n) is 8.23. The Morgan fingerprint density at radius 3 is 2.86 bits per heavy atom. The molecule has 1 fully saturated rings. The molecule has 0 unspecified atom stereocenters. The number of benzene rings is 1. The van der Waals surface area contributed by atoms with Crippen LogP contribution in [-0.2, 0) is 9.47 Å². The van der Waals surface area contributed by atoms with Crippen LogP contribution in [0.15, 0.2) is 24.3 Å². The first-order chi connectivity index (χ1) is 6.84. The van der Waals surface area contributed by atoms with Gasteiger partial charge in [-0.25, -0.2) is 0 Å². The van der Waals surface area contributed by atoms with Crippen LogP contribution in [0.25, 0.3) is 0 Å². The van der Waals surface area contributed by atoms with Gasteiger partial charge in [-0.3, -0.25) is 0 Å². The highest BCUT2D eigenvalue weighted by atomic mass is 16.7. The molecule has 0 aromatic heterocycles. The first-order valence-electron chi connectivity index (χ1n) is 4.77. The van der Waals surface area contributed by atoms with Crippen molar-refractivity contribution in [3.05, 3.63) is 29.8 Å². The first-order valence-corrected chi connectivity index (χ1v) is 4.77. The fourth-order valence-electron chi connectivity index (χ4n) is 1.37. The van der Waals surface area contributed by atoms with Gasteiger partial charge in [0.2, 0.25) is 0 Å². The van der Waals surface area contributed by atoms with Crippen molar-refractivity contribution in [2.24, 2.45) is 0 Å². The summed E-state index contributed by atoms with van der Waals surface area (Å²) in [4.78, 5) is 0. The van der Waals surface area contributed by atoms with Gasteiger partial charge in [-0.2, -0.15) is 0 Å². The molecule has 76 valence electrons. The van der Waals surface area contributed by atoms with E-state index in [1.165, 1.54) is 5.56 Å². The van der Waals surface area contributed by atoms with Crippen molar-refractivity contribution in [1.29, 1.82) is 0 Å². The van der Waals surface area contributed by atoms with E-state index in [9.17, 15) is 0 Å². The van der Waals surface area contributed by atoms with Crippen molar-refractivity contribution in [3.63, 3.8) is 0 Å². The number of hydrogen-bond donors (Lipinski definition) is 0. The lowest BCUT2D eigenvalue weighted by atomic mass is 10.2. The van der Waals surface area contributed by atoms with E-state index in [0.29, 0.717) is 19.8 Å². The lowest BCUT2D eigenvalue weighted by Gasteiger charge is -2.11. The fraction of sp³-hybridized carbons (Fsp3) is 0.455. The molecule has 0 spiro atoms. The molecule has 1 aliphatic heterocycles. The van der Waals surface area contributed by atoms with Crippen molar-refractivity contribution in [3.8, 4) is 5.75 Å². The Labute approximate surface area is 83.6 Å². The molecule has 3 nitrogen and oxygen atoms in total. The normalized spacial score (nSPS) is 17.2. The summed E-state index contributed by atoms with van der Waals surface area (Å²) in [6.07, 6.45) is -0.199. The molecule has 0 bridgehead atoms. The van der Waals surface area contributed by atoms with Gasteiger partial charge in [0.15, 0.2) is 6.29 Å². The Bertz CT molecular complexity index is 292. The van der Waals surface area contributed by atoms with Gasteiger partial charge >= 0.3 is 0 Å². The second-order valence-corrected chi connectivity index (χ2v) is 3.30. The van der Waals surface area contributed by atoms with Crippen molar-refractivity contribution in [2.45, 2.75) is 13.2 Å². The van der Waals surface area contributed by atoms with Crippen molar-refractivity contribution >= 4 is 0 Å². The van der Waals surface area contributed by atoms with Crippen LogP contribution in [0.1, 0.15) is 5.56 Å². The Morgan fingerprint density at radius 1 is 1.36 bits per heavy atom. The number of ether oxygens (including phenoxy) is 3. The number of hydrogen-bond acceptors (Lipinski definition) is 3. The van der Waals surface area contributed by atoms with Gasteiger partial charge < -0.3 is 14.2 Å². The standard InChI is InChI=1S/C11H14O3/c1-9-3-2-4-10(7-9)14-8-11-12-5-6-13-11/h2-4,7,11H,5-6,8H2,1H3. The van der Waals surface area contributed by atoms with Crippen LogP contribution in [-0.4, -0.2) is 26.1 Å². The summed E-state index contributed by atoms with van der Waals surface area (Å²) >= 11 is 0. The fourth-order valence-corrected chi connectivity index (χ4v) is 1.37. The largest absolute Gasteiger partial charge is 0.488 e. The van der Waals surface area contributed by atoms with E-state index >= 15 is 0 Å². The summed E-state index contributed by atoms with van der Waals surface area (Å²) in [5.74, 6) is 0.865. The van der Waals surface area contributed by atoms with E-state index in [1.54, 1.807) is 0 Å². The molecule has 0 atom stereocenters. The van der Waals surface area contributed by atoms with E-state index in [4.69, 9.17) is 14.2 Å². The molecule has 0 N–H and O–H groups in total. The molecule has 0 amide bonds. The summed E-state index contributed by atoms with van der Waals surface area (Å²) in [6, 6.07) is 7.94. The van der Waals surface area contributed by atoms with Gasteiger partial charge in [0, 0.05) is 0 Å². The van der Waals surface area contributed by atoms with Gasteiger partial charge in [0.25, 0.3) is 0 Å². The van der Waals surface area contributed by atoms with E-state index in [1.807, 2.05) is 31.2 Å². The van der Waals surface area contributed by atoms with Crippen molar-refractivity contribution in [2.75, 3.05) is 19.8 Å². The van der Waals surface area contributed by atoms with Crippen LogP contribution in [0.4, 0.5) is 0 Å². The van der Waals surface area contributed by atoms with Crippen LogP contribution in [0.2, 0.25) is 0 Å². The van der Waals surface area contributed by atoms with Crippen molar-refractivity contribution in [1.82, 2.24) is 0 Å². The zero-order chi connectivity index (χ0) is 9.80. The summed E-state index contributed by atoms with van der Waals surface area (Å²) in [6.45, 7) is 3.84. The van der Waals surface area contributed by atoms with Crippen LogP contribution in [0, 0.1) is 6.92 Å². The maximum atomic E-state index is 5.52. The molecule has 0 radical (unpaired) electrons. The molecule has 1 aromatic rings. The molecule has 3 heteroatoms. The molecule has 14 heavy (non-hydrogen) atoms. The predicted octanol–water partition coefficient (Wildman–Crippen LogP) is 1.75. The molecular weight excluding hydrogens is 180 g/mol. The van der Waals surface area contributed by atoms with Gasteiger partial charge in [0.1, 0.15) is 12.4 Å². The zero-order valence-corrected chi connectivity index (χ0v) is 8.23. The van der Waals surface area contributed by atoms with E-state index in [0.717, 1.165) is 5.75 Å². The summed E-state index contributed by atoms with van der Waals surface area (Å²) < 4.78 is 16.0. The SMILES string of the molecule is Cc1cccc(OCC2OCCO2)c1. The quantitative estimate of drug-likeness (QED) is 0.733. The lowest BCUT2D eigenvalue weighted by Crippen LogP contribution is -2.18. The molecule has 2 rings (SSSR count). The highest BCUT2D eigenvalue weighted by Gasteiger charge is 2.16. The molecule has 0 saturated carbocycles. The minimum atomic E-state index is -0.199. The monoisotopic (exact) mass is 194 g/mol. The average molecular weight is 194 g/mol.